The lowest BCUT2D eigenvalue weighted by atomic mass is 10.1. The molecule has 0 aromatic heterocycles. The topological polar surface area (TPSA) is 324 Å². The fourth-order valence-corrected chi connectivity index (χ4v) is 10.9. The van der Waals surface area contributed by atoms with Crippen LogP contribution in [0.2, 0.25) is 0 Å². The first-order chi connectivity index (χ1) is 28.3. The average Bonchev–Trinajstić information content (AvgIpc) is 3.18. The van der Waals surface area contributed by atoms with E-state index in [0.29, 0.717) is 0 Å². The number of hydrogen-bond acceptors (Lipinski definition) is 15. The van der Waals surface area contributed by atoms with Crippen LogP contribution in [0.15, 0.2) is 0 Å². The van der Waals surface area contributed by atoms with E-state index in [1.165, 1.54) is 6.92 Å². The van der Waals surface area contributed by atoms with Crippen LogP contribution >= 0.6 is 22.1 Å². The number of hydrogen-bond donors (Lipinski definition) is 7. The Morgan fingerprint density at radius 1 is 0.532 bits per heavy atom. The van der Waals surface area contributed by atoms with Crippen molar-refractivity contribution >= 4 is 63.6 Å². The number of nitrogens with one attached hydrogen (secondary N) is 2. The van der Waals surface area contributed by atoms with Gasteiger partial charge in [-0.05, 0) is 61.3 Å². The van der Waals surface area contributed by atoms with Gasteiger partial charge in [-0.2, -0.15) is 0 Å². The number of carbonyl (C=O) groups excluding carboxylic acids is 5. The number of ketones is 1. The number of carbonyl (C=O) groups is 7. The standard InChI is InChI=1S/C37H68N5O17P3/c1-27(43)12-21-60(52,53)24-40-15-17-41(25-61(54,55)22-13-30(44)38-28(8-10-32(46)47)34(50)58-36(2,3)4)19-20-42(18-16-40)26-62(56,57)23-14-31(45)39-29(9-11-33(48)49)35(51)59-37(5,6)7/h28-29H,8-26H2,1-7H3,(H,38,44)(H,39,45)(H,46,47)(H,48,49)(H,52,53)(H,54,55)(H,56,57)/t28-,29?/m0/s1. The minimum atomic E-state index is -4.14. The average molecular weight is 948 g/mol. The fraction of sp³-hybridized carbons (Fsp3) is 0.811. The number of amides is 2. The molecule has 0 aromatic rings. The van der Waals surface area contributed by atoms with E-state index < -0.39 is 132 Å². The summed E-state index contributed by atoms with van der Waals surface area (Å²) in [5.41, 5.74) is -1.87. The third kappa shape index (κ3) is 27.2. The first-order valence-corrected chi connectivity index (χ1v) is 26.4. The molecule has 0 saturated carbocycles. The summed E-state index contributed by atoms with van der Waals surface area (Å²) in [5.74, 6) is -6.01. The van der Waals surface area contributed by atoms with E-state index in [1.807, 2.05) is 0 Å². The van der Waals surface area contributed by atoms with Crippen LogP contribution in [0.4, 0.5) is 0 Å². The summed E-state index contributed by atoms with van der Waals surface area (Å²) < 4.78 is 50.7. The highest BCUT2D eigenvalue weighted by molar-refractivity contribution is 7.58. The normalized spacial score (nSPS) is 18.8. The van der Waals surface area contributed by atoms with E-state index in [-0.39, 0.29) is 76.8 Å². The summed E-state index contributed by atoms with van der Waals surface area (Å²) >= 11 is 0. The van der Waals surface area contributed by atoms with Gasteiger partial charge in [0.1, 0.15) is 29.1 Å². The molecule has 1 fully saturated rings. The van der Waals surface area contributed by atoms with Crippen molar-refractivity contribution in [2.45, 2.75) is 117 Å². The third-order valence-electron chi connectivity index (χ3n) is 9.00. The van der Waals surface area contributed by atoms with Gasteiger partial charge in [0.25, 0.3) is 0 Å². The number of nitrogens with zero attached hydrogens (tertiary/aromatic N) is 3. The molecule has 1 aliphatic rings. The Morgan fingerprint density at radius 3 is 1.05 bits per heavy atom. The Labute approximate surface area is 363 Å². The highest BCUT2D eigenvalue weighted by atomic mass is 31.2. The van der Waals surface area contributed by atoms with Gasteiger partial charge in [0.05, 0.1) is 18.9 Å². The molecule has 22 nitrogen and oxygen atoms in total. The predicted molar refractivity (Wildman–Crippen MR) is 227 cm³/mol. The van der Waals surface area contributed by atoms with Crippen molar-refractivity contribution in [3.63, 3.8) is 0 Å². The number of carboxylic acids is 2. The molecule has 0 aromatic carbocycles. The predicted octanol–water partition coefficient (Wildman–Crippen LogP) is 1.73. The summed E-state index contributed by atoms with van der Waals surface area (Å²) in [7, 11) is -12.1. The number of esters is 2. The Hall–Kier alpha value is -3.06. The molecular formula is C37H68N5O17P3. The Kier molecular flexibility index (Phi) is 23.4. The zero-order valence-corrected chi connectivity index (χ0v) is 39.6. The van der Waals surface area contributed by atoms with Crippen LogP contribution in [0.5, 0.6) is 0 Å². The lowest BCUT2D eigenvalue weighted by molar-refractivity contribution is -0.160. The van der Waals surface area contributed by atoms with Gasteiger partial charge in [0, 0.05) is 89.9 Å². The summed E-state index contributed by atoms with van der Waals surface area (Å²) in [6.07, 6.45) is -5.17. The Morgan fingerprint density at radius 2 is 0.806 bits per heavy atom. The van der Waals surface area contributed by atoms with Gasteiger partial charge in [-0.3, -0.25) is 47.6 Å². The van der Waals surface area contributed by atoms with Gasteiger partial charge in [0.15, 0.2) is 0 Å². The van der Waals surface area contributed by atoms with Crippen molar-refractivity contribution in [2.75, 3.05) is 76.6 Å². The molecule has 1 heterocycles. The van der Waals surface area contributed by atoms with E-state index in [4.69, 9.17) is 19.7 Å². The van der Waals surface area contributed by atoms with Crippen molar-refractivity contribution in [3.8, 4) is 0 Å². The maximum Gasteiger partial charge on any atom is 0.329 e. The van der Waals surface area contributed by atoms with E-state index in [2.05, 4.69) is 10.6 Å². The second-order valence-electron chi connectivity index (χ2n) is 17.6. The van der Waals surface area contributed by atoms with Crippen LogP contribution in [0.3, 0.4) is 0 Å². The van der Waals surface area contributed by atoms with Crippen molar-refractivity contribution in [1.82, 2.24) is 25.3 Å². The van der Waals surface area contributed by atoms with Crippen LogP contribution in [-0.4, -0.2) is 181 Å². The molecule has 4 unspecified atom stereocenters. The SMILES string of the molecule is CC(=O)CCP(=O)(O)CN1CCN(CP(=O)(O)CCC(=O)NC(CCC(=O)O)C(=O)OC(C)(C)C)CCN(CP(=O)(O)CCC(=O)N[C@@H](CCC(=O)O)C(=O)OC(C)(C)C)CC1. The molecule has 1 saturated heterocycles. The second kappa shape index (κ2) is 25.4. The van der Waals surface area contributed by atoms with Gasteiger partial charge in [-0.1, -0.05) is 0 Å². The van der Waals surface area contributed by atoms with E-state index >= 15 is 0 Å². The van der Waals surface area contributed by atoms with E-state index in [1.54, 1.807) is 56.2 Å². The first-order valence-electron chi connectivity index (χ1n) is 20.3. The summed E-state index contributed by atoms with van der Waals surface area (Å²) in [6, 6.07) is -2.64. The lowest BCUT2D eigenvalue weighted by Crippen LogP contribution is -2.44. The molecule has 62 heavy (non-hydrogen) atoms. The molecule has 358 valence electrons. The smallest absolute Gasteiger partial charge is 0.329 e. The number of Topliss-reactive ketones (excluding diaryl/α,β-unsaturated/α-hetero) is 1. The highest BCUT2D eigenvalue weighted by Gasteiger charge is 2.33. The van der Waals surface area contributed by atoms with Gasteiger partial charge >= 0.3 is 23.9 Å². The monoisotopic (exact) mass is 947 g/mol. The Bertz CT molecular complexity index is 1610. The molecule has 1 aliphatic heterocycles. The van der Waals surface area contributed by atoms with Gasteiger partial charge in [-0.15, -0.1) is 0 Å². The largest absolute Gasteiger partial charge is 0.481 e. The van der Waals surface area contributed by atoms with Crippen molar-refractivity contribution in [2.24, 2.45) is 0 Å². The molecule has 7 N–H and O–H groups in total. The van der Waals surface area contributed by atoms with Crippen molar-refractivity contribution in [3.05, 3.63) is 0 Å². The van der Waals surface area contributed by atoms with Crippen LogP contribution in [0, 0.1) is 0 Å². The van der Waals surface area contributed by atoms with Crippen molar-refractivity contribution in [1.29, 1.82) is 0 Å². The molecule has 5 atom stereocenters. The maximum absolute atomic E-state index is 13.5. The van der Waals surface area contributed by atoms with E-state index in [0.717, 1.165) is 0 Å². The van der Waals surface area contributed by atoms with Gasteiger partial charge in [0.2, 0.25) is 33.9 Å². The van der Waals surface area contributed by atoms with E-state index in [9.17, 15) is 61.9 Å². The molecule has 25 heteroatoms. The first kappa shape index (κ1) is 57.0. The summed E-state index contributed by atoms with van der Waals surface area (Å²) in [5, 5.41) is 23.0. The third-order valence-corrected chi connectivity index (χ3v) is 14.3. The van der Waals surface area contributed by atoms with Crippen molar-refractivity contribution < 1.29 is 81.6 Å². The number of aliphatic carboxylic acids is 2. The zero-order chi connectivity index (χ0) is 47.7. The van der Waals surface area contributed by atoms with Gasteiger partial charge < -0.3 is 49.8 Å². The summed E-state index contributed by atoms with van der Waals surface area (Å²) in [6.45, 7) is 11.4. The minimum absolute atomic E-state index is 0.0727. The highest BCUT2D eigenvalue weighted by Crippen LogP contribution is 2.44. The maximum atomic E-state index is 13.5. The number of ether oxygens (including phenoxy) is 2. The van der Waals surface area contributed by atoms with Crippen LogP contribution in [0.1, 0.15) is 93.4 Å². The van der Waals surface area contributed by atoms with Crippen LogP contribution < -0.4 is 10.6 Å². The molecule has 2 amide bonds. The zero-order valence-electron chi connectivity index (χ0n) is 36.9. The summed E-state index contributed by atoms with van der Waals surface area (Å²) in [4.78, 5) is 122. The quantitative estimate of drug-likeness (QED) is 0.0506. The minimum Gasteiger partial charge on any atom is -0.481 e. The van der Waals surface area contributed by atoms with Crippen LogP contribution in [-0.2, 0) is 56.7 Å². The number of rotatable bonds is 25. The molecule has 0 radical (unpaired) electrons. The molecular weight excluding hydrogens is 879 g/mol. The molecule has 0 bridgehead atoms. The second-order valence-corrected chi connectivity index (χ2v) is 24.9. The number of carboxylic acid groups (broad SMARTS) is 2. The fourth-order valence-electron chi connectivity index (χ4n) is 5.95. The Balaban J connectivity index is 3.15. The lowest BCUT2D eigenvalue weighted by Gasteiger charge is -2.28. The molecule has 0 aliphatic carbocycles. The molecule has 0 spiro atoms. The molecule has 1 rings (SSSR count). The van der Waals surface area contributed by atoms with Crippen LogP contribution in [0.25, 0.3) is 0 Å². The van der Waals surface area contributed by atoms with Gasteiger partial charge in [-0.25, -0.2) is 9.59 Å².